The van der Waals surface area contributed by atoms with E-state index in [1.54, 1.807) is 0 Å². The van der Waals surface area contributed by atoms with Gasteiger partial charge >= 0.3 is 0 Å². The monoisotopic (exact) mass is 270 g/mol. The summed E-state index contributed by atoms with van der Waals surface area (Å²) >= 11 is 0. The molecule has 1 aliphatic carbocycles. The predicted octanol–water partition coefficient (Wildman–Crippen LogP) is 2.95. The highest BCUT2D eigenvalue weighted by Crippen LogP contribution is 2.35. The molecule has 106 valence electrons. The number of rotatable bonds is 4. The zero-order valence-corrected chi connectivity index (χ0v) is 11.8. The average molecular weight is 270 g/mol. The summed E-state index contributed by atoms with van der Waals surface area (Å²) in [5.41, 5.74) is 8.13. The maximum atomic E-state index is 6.02. The molecule has 1 fully saturated rings. The number of fused-ring (bicyclic) bond motifs is 1. The van der Waals surface area contributed by atoms with E-state index in [2.05, 4.69) is 15.3 Å². The summed E-state index contributed by atoms with van der Waals surface area (Å²) < 4.78 is 0. The molecule has 1 aromatic heterocycles. The quantitative estimate of drug-likeness (QED) is 0.896. The first-order valence-corrected chi connectivity index (χ1v) is 7.47. The van der Waals surface area contributed by atoms with Crippen LogP contribution < -0.4 is 11.1 Å². The minimum absolute atomic E-state index is 0.242. The zero-order valence-electron chi connectivity index (χ0n) is 11.8. The molecular weight excluding hydrogens is 248 g/mol. The molecule has 0 saturated heterocycles. The Kier molecular flexibility index (Phi) is 3.83. The highest BCUT2D eigenvalue weighted by Gasteiger charge is 2.30. The normalized spacial score (nSPS) is 18.1. The molecule has 4 heteroatoms. The first kappa shape index (κ1) is 13.3. The van der Waals surface area contributed by atoms with Gasteiger partial charge in [-0.3, -0.25) is 4.98 Å². The maximum absolute atomic E-state index is 6.02. The van der Waals surface area contributed by atoms with Crippen LogP contribution in [-0.4, -0.2) is 23.1 Å². The van der Waals surface area contributed by atoms with Crippen LogP contribution in [0, 0.1) is 5.41 Å². The molecule has 4 nitrogen and oxygen atoms in total. The Morgan fingerprint density at radius 2 is 1.85 bits per heavy atom. The first-order valence-electron chi connectivity index (χ1n) is 7.47. The van der Waals surface area contributed by atoms with Gasteiger partial charge in [0.1, 0.15) is 5.82 Å². The molecule has 0 spiro atoms. The Morgan fingerprint density at radius 1 is 1.10 bits per heavy atom. The molecule has 0 atom stereocenters. The minimum atomic E-state index is 0.242. The molecule has 2 aromatic rings. The van der Waals surface area contributed by atoms with Crippen molar-refractivity contribution in [2.45, 2.75) is 32.1 Å². The van der Waals surface area contributed by atoms with Crippen molar-refractivity contribution in [1.82, 2.24) is 9.97 Å². The van der Waals surface area contributed by atoms with E-state index in [-0.39, 0.29) is 5.41 Å². The number of hydrogen-bond donors (Lipinski definition) is 2. The molecule has 1 aromatic carbocycles. The Hall–Kier alpha value is -1.68. The lowest BCUT2D eigenvalue weighted by atomic mass is 9.74. The minimum Gasteiger partial charge on any atom is -0.368 e. The van der Waals surface area contributed by atoms with Gasteiger partial charge in [0.05, 0.1) is 17.2 Å². The highest BCUT2D eigenvalue weighted by molar-refractivity contribution is 5.75. The van der Waals surface area contributed by atoms with Crippen molar-refractivity contribution in [1.29, 1.82) is 0 Å². The fourth-order valence-electron chi connectivity index (χ4n) is 3.08. The molecule has 0 bridgehead atoms. The van der Waals surface area contributed by atoms with Crippen LogP contribution in [0.3, 0.4) is 0 Å². The van der Waals surface area contributed by atoms with Gasteiger partial charge in [0, 0.05) is 6.54 Å². The lowest BCUT2D eigenvalue weighted by Gasteiger charge is -2.36. The Bertz CT molecular complexity index is 575. The van der Waals surface area contributed by atoms with Gasteiger partial charge in [-0.2, -0.15) is 0 Å². The molecule has 0 amide bonds. The van der Waals surface area contributed by atoms with Crippen LogP contribution in [0.5, 0.6) is 0 Å². The maximum Gasteiger partial charge on any atom is 0.145 e. The van der Waals surface area contributed by atoms with Gasteiger partial charge in [0.25, 0.3) is 0 Å². The number of hydrogen-bond acceptors (Lipinski definition) is 4. The predicted molar refractivity (Wildman–Crippen MR) is 82.6 cm³/mol. The van der Waals surface area contributed by atoms with Gasteiger partial charge in [-0.05, 0) is 36.9 Å². The summed E-state index contributed by atoms with van der Waals surface area (Å²) in [5.74, 6) is 0.849. The van der Waals surface area contributed by atoms with Crippen LogP contribution in [-0.2, 0) is 0 Å². The van der Waals surface area contributed by atoms with Gasteiger partial charge in [0.2, 0.25) is 0 Å². The van der Waals surface area contributed by atoms with E-state index in [0.29, 0.717) is 0 Å². The van der Waals surface area contributed by atoms with Crippen molar-refractivity contribution in [3.8, 4) is 0 Å². The number of anilines is 1. The van der Waals surface area contributed by atoms with Crippen molar-refractivity contribution < 1.29 is 0 Å². The van der Waals surface area contributed by atoms with Gasteiger partial charge in [-0.25, -0.2) is 4.98 Å². The number of aromatic nitrogens is 2. The van der Waals surface area contributed by atoms with Crippen molar-refractivity contribution in [2.75, 3.05) is 18.4 Å². The lowest BCUT2D eigenvalue weighted by Crippen LogP contribution is -2.39. The molecular formula is C16H22N4. The fraction of sp³-hybridized carbons (Fsp3) is 0.500. The smallest absolute Gasteiger partial charge is 0.145 e. The second-order valence-electron chi connectivity index (χ2n) is 5.86. The van der Waals surface area contributed by atoms with Crippen molar-refractivity contribution in [2.24, 2.45) is 11.1 Å². The molecule has 3 rings (SSSR count). The van der Waals surface area contributed by atoms with E-state index in [1.807, 2.05) is 30.5 Å². The second-order valence-corrected chi connectivity index (χ2v) is 5.86. The third-order valence-corrected chi connectivity index (χ3v) is 4.44. The largest absolute Gasteiger partial charge is 0.368 e. The summed E-state index contributed by atoms with van der Waals surface area (Å²) in [5, 5.41) is 3.44. The topological polar surface area (TPSA) is 63.8 Å². The average Bonchev–Trinajstić information content (AvgIpc) is 2.54. The Balaban J connectivity index is 1.72. The third-order valence-electron chi connectivity index (χ3n) is 4.44. The summed E-state index contributed by atoms with van der Waals surface area (Å²) in [6, 6.07) is 7.94. The van der Waals surface area contributed by atoms with Crippen LogP contribution >= 0.6 is 0 Å². The van der Waals surface area contributed by atoms with E-state index < -0.39 is 0 Å². The number of nitrogens with one attached hydrogen (secondary N) is 1. The molecule has 3 N–H and O–H groups in total. The molecule has 0 aliphatic heterocycles. The van der Waals surface area contributed by atoms with Crippen molar-refractivity contribution in [3.63, 3.8) is 0 Å². The molecule has 20 heavy (non-hydrogen) atoms. The van der Waals surface area contributed by atoms with Crippen molar-refractivity contribution >= 4 is 16.9 Å². The van der Waals surface area contributed by atoms with E-state index in [9.17, 15) is 0 Å². The SMILES string of the molecule is NCC1(CNc2cnc3ccccc3n2)CCCCC1. The van der Waals surface area contributed by atoms with Crippen LogP contribution in [0.2, 0.25) is 0 Å². The van der Waals surface area contributed by atoms with Crippen LogP contribution in [0.1, 0.15) is 32.1 Å². The summed E-state index contributed by atoms with van der Waals surface area (Å²) in [6.07, 6.45) is 8.19. The first-order chi connectivity index (χ1) is 9.81. The standard InChI is InChI=1S/C16H22N4/c17-11-16(8-4-1-5-9-16)12-19-15-10-18-13-6-2-3-7-14(13)20-15/h2-3,6-7,10H,1,4-5,8-9,11-12,17H2,(H,19,20). The second kappa shape index (κ2) is 5.75. The summed E-state index contributed by atoms with van der Waals surface area (Å²) in [7, 11) is 0. The number of nitrogens with zero attached hydrogens (tertiary/aromatic N) is 2. The molecule has 1 heterocycles. The summed E-state index contributed by atoms with van der Waals surface area (Å²) in [6.45, 7) is 1.65. The third kappa shape index (κ3) is 2.75. The van der Waals surface area contributed by atoms with Gasteiger partial charge in [0.15, 0.2) is 0 Å². The van der Waals surface area contributed by atoms with Crippen molar-refractivity contribution in [3.05, 3.63) is 30.5 Å². The zero-order chi connectivity index (χ0) is 13.8. The molecule has 0 unspecified atom stereocenters. The van der Waals surface area contributed by atoms with E-state index in [4.69, 9.17) is 5.73 Å². The number of benzene rings is 1. The van der Waals surface area contributed by atoms with Gasteiger partial charge in [-0.1, -0.05) is 31.4 Å². The lowest BCUT2D eigenvalue weighted by molar-refractivity contribution is 0.215. The van der Waals surface area contributed by atoms with Crippen LogP contribution in [0.15, 0.2) is 30.5 Å². The van der Waals surface area contributed by atoms with Gasteiger partial charge in [-0.15, -0.1) is 0 Å². The van der Waals surface area contributed by atoms with Crippen LogP contribution in [0.4, 0.5) is 5.82 Å². The van der Waals surface area contributed by atoms with Gasteiger partial charge < -0.3 is 11.1 Å². The molecule has 1 aliphatic rings. The Morgan fingerprint density at radius 3 is 2.60 bits per heavy atom. The Labute approximate surface area is 119 Å². The number of nitrogens with two attached hydrogens (primary N) is 1. The van der Waals surface area contributed by atoms with E-state index in [1.165, 1.54) is 32.1 Å². The number of para-hydroxylation sites is 2. The highest BCUT2D eigenvalue weighted by atomic mass is 15.0. The molecule has 0 radical (unpaired) electrons. The van der Waals surface area contributed by atoms with E-state index >= 15 is 0 Å². The van der Waals surface area contributed by atoms with E-state index in [0.717, 1.165) is 29.9 Å². The molecule has 1 saturated carbocycles. The van der Waals surface area contributed by atoms with Crippen LogP contribution in [0.25, 0.3) is 11.0 Å². The summed E-state index contributed by atoms with van der Waals surface area (Å²) in [4.78, 5) is 9.05. The fourth-order valence-corrected chi connectivity index (χ4v) is 3.08.